The second-order valence-corrected chi connectivity index (χ2v) is 5.88. The van der Waals surface area contributed by atoms with Gasteiger partial charge in [-0.15, -0.1) is 0 Å². The smallest absolute Gasteiger partial charge is 0.167 e. The van der Waals surface area contributed by atoms with E-state index in [0.29, 0.717) is 11.5 Å². The van der Waals surface area contributed by atoms with Crippen LogP contribution in [0.4, 0.5) is 10.1 Å². The molecule has 112 valence electrons. The first-order valence-electron chi connectivity index (χ1n) is 6.56. The number of hydrogen-bond acceptors (Lipinski definition) is 3. The summed E-state index contributed by atoms with van der Waals surface area (Å²) in [4.78, 5) is 0. The van der Waals surface area contributed by atoms with Gasteiger partial charge in [0.15, 0.2) is 17.3 Å². The molecule has 0 radical (unpaired) electrons. The van der Waals surface area contributed by atoms with Crippen molar-refractivity contribution in [2.24, 2.45) is 0 Å². The Labute approximate surface area is 132 Å². The molecule has 0 spiro atoms. The summed E-state index contributed by atoms with van der Waals surface area (Å²) in [7, 11) is 0. The maximum atomic E-state index is 13.8. The van der Waals surface area contributed by atoms with Crippen LogP contribution in [0.5, 0.6) is 17.2 Å². The summed E-state index contributed by atoms with van der Waals surface area (Å²) in [6.07, 6.45) is -0.137. The molecule has 0 saturated heterocycles. The van der Waals surface area contributed by atoms with E-state index in [1.54, 1.807) is 0 Å². The third-order valence-corrected chi connectivity index (χ3v) is 3.35. The van der Waals surface area contributed by atoms with E-state index in [-0.39, 0.29) is 17.5 Å². The Balaban J connectivity index is 2.34. The molecule has 0 atom stereocenters. The van der Waals surface area contributed by atoms with Gasteiger partial charge in [-0.2, -0.15) is 0 Å². The van der Waals surface area contributed by atoms with Crippen LogP contribution in [0.25, 0.3) is 0 Å². The largest absolute Gasteiger partial charge is 0.488 e. The van der Waals surface area contributed by atoms with Gasteiger partial charge in [0.2, 0.25) is 0 Å². The summed E-state index contributed by atoms with van der Waals surface area (Å²) in [5.74, 6) is 0.583. The van der Waals surface area contributed by atoms with Crippen LogP contribution in [-0.4, -0.2) is 6.10 Å². The Kier molecular flexibility index (Phi) is 4.73. The molecule has 0 saturated carbocycles. The van der Waals surface area contributed by atoms with E-state index in [9.17, 15) is 4.39 Å². The van der Waals surface area contributed by atoms with E-state index in [2.05, 4.69) is 15.9 Å². The van der Waals surface area contributed by atoms with Gasteiger partial charge in [0, 0.05) is 12.1 Å². The quantitative estimate of drug-likeness (QED) is 0.781. The van der Waals surface area contributed by atoms with E-state index in [0.717, 1.165) is 10.0 Å². The first kappa shape index (κ1) is 15.6. The highest BCUT2D eigenvalue weighted by Gasteiger charge is 2.13. The molecule has 5 heteroatoms. The Hall–Kier alpha value is -1.75. The molecule has 0 fully saturated rings. The molecule has 2 rings (SSSR count). The molecular formula is C16H17BrFNO2. The fourth-order valence-electron chi connectivity index (χ4n) is 1.79. The number of halogens is 2. The van der Waals surface area contributed by atoms with Gasteiger partial charge in [0.05, 0.1) is 16.3 Å². The zero-order chi connectivity index (χ0) is 15.6. The summed E-state index contributed by atoms with van der Waals surface area (Å²) < 4.78 is 25.8. The van der Waals surface area contributed by atoms with Gasteiger partial charge in [-0.25, -0.2) is 4.39 Å². The van der Waals surface area contributed by atoms with Crippen molar-refractivity contribution in [3.63, 3.8) is 0 Å². The van der Waals surface area contributed by atoms with E-state index < -0.39 is 5.82 Å². The van der Waals surface area contributed by atoms with Crippen molar-refractivity contribution < 1.29 is 13.9 Å². The fourth-order valence-corrected chi connectivity index (χ4v) is 2.36. The van der Waals surface area contributed by atoms with Crippen molar-refractivity contribution in [2.45, 2.75) is 26.9 Å². The van der Waals surface area contributed by atoms with Gasteiger partial charge >= 0.3 is 0 Å². The Morgan fingerprint density at radius 3 is 2.43 bits per heavy atom. The second kappa shape index (κ2) is 6.35. The summed E-state index contributed by atoms with van der Waals surface area (Å²) in [6.45, 7) is 5.63. The average Bonchev–Trinajstić information content (AvgIpc) is 2.37. The second-order valence-electron chi connectivity index (χ2n) is 5.02. The molecular weight excluding hydrogens is 337 g/mol. The minimum Gasteiger partial charge on any atom is -0.488 e. The number of anilines is 1. The molecule has 0 bridgehead atoms. The lowest BCUT2D eigenvalue weighted by molar-refractivity contribution is 0.230. The van der Waals surface area contributed by atoms with Crippen LogP contribution >= 0.6 is 15.9 Å². The first-order valence-corrected chi connectivity index (χ1v) is 7.36. The summed E-state index contributed by atoms with van der Waals surface area (Å²) in [6, 6.07) is 8.35. The highest BCUT2D eigenvalue weighted by molar-refractivity contribution is 9.10. The van der Waals surface area contributed by atoms with Gasteiger partial charge in [0.25, 0.3) is 0 Å². The Morgan fingerprint density at radius 2 is 1.81 bits per heavy atom. The average molecular weight is 354 g/mol. The number of nitrogens with two attached hydrogens (primary N) is 1. The third kappa shape index (κ3) is 3.88. The van der Waals surface area contributed by atoms with Crippen molar-refractivity contribution in [3.8, 4) is 17.2 Å². The fraction of sp³-hybridized carbons (Fsp3) is 0.250. The molecule has 0 unspecified atom stereocenters. The minimum absolute atomic E-state index is 0.123. The molecule has 0 aromatic heterocycles. The highest BCUT2D eigenvalue weighted by Crippen LogP contribution is 2.36. The number of ether oxygens (including phenoxy) is 2. The summed E-state index contributed by atoms with van der Waals surface area (Å²) in [5.41, 5.74) is 7.13. The SMILES string of the molecule is Cc1ccc(Oc2cc(OC(C)C)c(F)cc2N)c(Br)c1. The lowest BCUT2D eigenvalue weighted by Gasteiger charge is -2.15. The minimum atomic E-state index is -0.503. The summed E-state index contributed by atoms with van der Waals surface area (Å²) in [5, 5.41) is 0. The van der Waals surface area contributed by atoms with Crippen molar-refractivity contribution in [3.05, 3.63) is 46.2 Å². The number of aryl methyl sites for hydroxylation is 1. The standard InChI is InChI=1S/C16H17BrFNO2/c1-9(2)20-15-8-16(13(19)7-12(15)18)21-14-5-4-10(3)6-11(14)17/h4-9H,19H2,1-3H3. The van der Waals surface area contributed by atoms with Gasteiger partial charge in [-0.3, -0.25) is 0 Å². The topological polar surface area (TPSA) is 44.5 Å². The van der Waals surface area contributed by atoms with Crippen molar-refractivity contribution in [1.82, 2.24) is 0 Å². The van der Waals surface area contributed by atoms with Crippen molar-refractivity contribution in [2.75, 3.05) is 5.73 Å². The number of nitrogen functional groups attached to an aromatic ring is 1. The Morgan fingerprint density at radius 1 is 1.10 bits per heavy atom. The third-order valence-electron chi connectivity index (χ3n) is 2.73. The lowest BCUT2D eigenvalue weighted by Crippen LogP contribution is -2.07. The molecule has 2 aromatic carbocycles. The van der Waals surface area contributed by atoms with E-state index in [1.807, 2.05) is 39.0 Å². The zero-order valence-corrected chi connectivity index (χ0v) is 13.7. The van der Waals surface area contributed by atoms with Gasteiger partial charge < -0.3 is 15.2 Å². The molecule has 0 aliphatic rings. The number of hydrogen-bond donors (Lipinski definition) is 1. The first-order chi connectivity index (χ1) is 9.86. The van der Waals surface area contributed by atoms with Crippen LogP contribution in [0.1, 0.15) is 19.4 Å². The molecule has 2 aromatic rings. The molecule has 0 aliphatic carbocycles. The van der Waals surface area contributed by atoms with E-state index in [4.69, 9.17) is 15.2 Å². The normalized spacial score (nSPS) is 10.8. The lowest BCUT2D eigenvalue weighted by atomic mass is 10.2. The molecule has 3 nitrogen and oxygen atoms in total. The van der Waals surface area contributed by atoms with Gasteiger partial charge in [-0.1, -0.05) is 6.07 Å². The predicted molar refractivity (Wildman–Crippen MR) is 85.5 cm³/mol. The van der Waals surface area contributed by atoms with Crippen LogP contribution < -0.4 is 15.2 Å². The monoisotopic (exact) mass is 353 g/mol. The van der Waals surface area contributed by atoms with Gasteiger partial charge in [0.1, 0.15) is 5.75 Å². The Bertz CT molecular complexity index is 659. The number of rotatable bonds is 4. The molecule has 2 N–H and O–H groups in total. The van der Waals surface area contributed by atoms with Crippen LogP contribution in [0.3, 0.4) is 0 Å². The van der Waals surface area contributed by atoms with E-state index >= 15 is 0 Å². The van der Waals surface area contributed by atoms with Crippen LogP contribution in [0, 0.1) is 12.7 Å². The van der Waals surface area contributed by atoms with Gasteiger partial charge in [-0.05, 0) is 54.4 Å². The molecule has 0 aliphatic heterocycles. The summed E-state index contributed by atoms with van der Waals surface area (Å²) >= 11 is 3.43. The highest BCUT2D eigenvalue weighted by atomic mass is 79.9. The van der Waals surface area contributed by atoms with Crippen LogP contribution in [0.15, 0.2) is 34.8 Å². The van der Waals surface area contributed by atoms with Crippen molar-refractivity contribution >= 4 is 21.6 Å². The van der Waals surface area contributed by atoms with Crippen LogP contribution in [0.2, 0.25) is 0 Å². The predicted octanol–water partition coefficient (Wildman–Crippen LogP) is 5.06. The maximum absolute atomic E-state index is 13.8. The maximum Gasteiger partial charge on any atom is 0.167 e. The van der Waals surface area contributed by atoms with Crippen molar-refractivity contribution in [1.29, 1.82) is 0 Å². The molecule has 0 amide bonds. The zero-order valence-electron chi connectivity index (χ0n) is 12.1. The number of benzene rings is 2. The molecule has 21 heavy (non-hydrogen) atoms. The van der Waals surface area contributed by atoms with E-state index in [1.165, 1.54) is 12.1 Å². The van der Waals surface area contributed by atoms with Crippen LogP contribution in [-0.2, 0) is 0 Å². The molecule has 0 heterocycles.